The maximum Gasteiger partial charge on any atom is 0.314 e. The molecule has 0 bridgehead atoms. The second kappa shape index (κ2) is 6.08. The number of urea groups is 1. The molecule has 1 rings (SSSR count). The fourth-order valence-corrected chi connectivity index (χ4v) is 1.77. The third-order valence-electron chi connectivity index (χ3n) is 2.41. The van der Waals surface area contributed by atoms with Crippen LogP contribution in [-0.2, 0) is 0 Å². The van der Waals surface area contributed by atoms with Crippen LogP contribution in [0.1, 0.15) is 25.7 Å². The van der Waals surface area contributed by atoms with E-state index in [1.54, 1.807) is 0 Å². The Balaban J connectivity index is 2.00. The second-order valence-electron chi connectivity index (χ2n) is 3.48. The third-order valence-corrected chi connectivity index (χ3v) is 2.60. The van der Waals surface area contributed by atoms with Crippen LogP contribution < -0.4 is 10.6 Å². The standard InChI is InChI=1S/C9H17ClN2O/c10-5-6-11-9(13)12-7-8-3-1-2-4-8/h8H,1-7H2,(H2,11,12,13). The summed E-state index contributed by atoms with van der Waals surface area (Å²) in [7, 11) is 0. The number of halogens is 1. The minimum atomic E-state index is -0.0902. The van der Waals surface area contributed by atoms with Crippen molar-refractivity contribution in [3.05, 3.63) is 0 Å². The Morgan fingerprint density at radius 1 is 1.31 bits per heavy atom. The third kappa shape index (κ3) is 4.36. The minimum Gasteiger partial charge on any atom is -0.338 e. The smallest absolute Gasteiger partial charge is 0.314 e. The first-order valence-electron chi connectivity index (χ1n) is 4.90. The van der Waals surface area contributed by atoms with Gasteiger partial charge in [-0.3, -0.25) is 0 Å². The highest BCUT2D eigenvalue weighted by atomic mass is 35.5. The molecule has 1 aliphatic rings. The number of alkyl halides is 1. The topological polar surface area (TPSA) is 41.1 Å². The van der Waals surface area contributed by atoms with Crippen molar-refractivity contribution >= 4 is 17.6 Å². The van der Waals surface area contributed by atoms with Crippen LogP contribution in [0, 0.1) is 5.92 Å². The SMILES string of the molecule is O=C(NCCCl)NCC1CCCC1. The van der Waals surface area contributed by atoms with Crippen molar-refractivity contribution in [2.45, 2.75) is 25.7 Å². The predicted octanol–water partition coefficient (Wildman–Crippen LogP) is 1.71. The number of carbonyl (C=O) groups excluding carboxylic acids is 1. The van der Waals surface area contributed by atoms with Crippen molar-refractivity contribution in [3.8, 4) is 0 Å². The van der Waals surface area contributed by atoms with Gasteiger partial charge in [-0.1, -0.05) is 12.8 Å². The van der Waals surface area contributed by atoms with Crippen molar-refractivity contribution in [3.63, 3.8) is 0 Å². The predicted molar refractivity (Wildman–Crippen MR) is 54.1 cm³/mol. The Kier molecular flexibility index (Phi) is 4.98. The molecule has 4 heteroatoms. The molecule has 1 saturated carbocycles. The lowest BCUT2D eigenvalue weighted by Gasteiger charge is -2.10. The molecule has 13 heavy (non-hydrogen) atoms. The van der Waals surface area contributed by atoms with E-state index in [2.05, 4.69) is 10.6 Å². The van der Waals surface area contributed by atoms with Gasteiger partial charge in [-0.05, 0) is 18.8 Å². The highest BCUT2D eigenvalue weighted by molar-refractivity contribution is 6.18. The molecular weight excluding hydrogens is 188 g/mol. The summed E-state index contributed by atoms with van der Waals surface area (Å²) in [5.41, 5.74) is 0. The van der Waals surface area contributed by atoms with E-state index in [9.17, 15) is 4.79 Å². The lowest BCUT2D eigenvalue weighted by Crippen LogP contribution is -2.38. The molecule has 2 N–H and O–H groups in total. The molecule has 0 aromatic rings. The van der Waals surface area contributed by atoms with Gasteiger partial charge < -0.3 is 10.6 Å². The van der Waals surface area contributed by atoms with E-state index < -0.39 is 0 Å². The molecule has 0 atom stereocenters. The lowest BCUT2D eigenvalue weighted by atomic mass is 10.1. The Morgan fingerprint density at radius 3 is 2.62 bits per heavy atom. The van der Waals surface area contributed by atoms with Crippen molar-refractivity contribution in [1.29, 1.82) is 0 Å². The number of hydrogen-bond acceptors (Lipinski definition) is 1. The first kappa shape index (κ1) is 10.6. The van der Waals surface area contributed by atoms with Crippen molar-refractivity contribution in [1.82, 2.24) is 10.6 Å². The van der Waals surface area contributed by atoms with Gasteiger partial charge in [0.05, 0.1) is 0 Å². The van der Waals surface area contributed by atoms with Crippen LogP contribution in [-0.4, -0.2) is 25.0 Å². The van der Waals surface area contributed by atoms with Gasteiger partial charge in [-0.15, -0.1) is 11.6 Å². The van der Waals surface area contributed by atoms with Crippen molar-refractivity contribution in [2.24, 2.45) is 5.92 Å². The molecule has 0 aromatic carbocycles. The zero-order valence-corrected chi connectivity index (χ0v) is 8.57. The minimum absolute atomic E-state index is 0.0902. The summed E-state index contributed by atoms with van der Waals surface area (Å²) >= 11 is 5.43. The summed E-state index contributed by atoms with van der Waals surface area (Å²) in [4.78, 5) is 11.1. The zero-order chi connectivity index (χ0) is 9.52. The van der Waals surface area contributed by atoms with Gasteiger partial charge in [0.1, 0.15) is 0 Å². The fourth-order valence-electron chi connectivity index (χ4n) is 1.67. The average molecular weight is 205 g/mol. The zero-order valence-electron chi connectivity index (χ0n) is 7.81. The summed E-state index contributed by atoms with van der Waals surface area (Å²) < 4.78 is 0. The van der Waals surface area contributed by atoms with Gasteiger partial charge in [0.2, 0.25) is 0 Å². The number of hydrogen-bond donors (Lipinski definition) is 2. The van der Waals surface area contributed by atoms with Crippen molar-refractivity contribution < 1.29 is 4.79 Å². The molecule has 2 amide bonds. The van der Waals surface area contributed by atoms with Gasteiger partial charge in [-0.2, -0.15) is 0 Å². The largest absolute Gasteiger partial charge is 0.338 e. The van der Waals surface area contributed by atoms with Gasteiger partial charge in [0.15, 0.2) is 0 Å². The van der Waals surface area contributed by atoms with E-state index >= 15 is 0 Å². The van der Waals surface area contributed by atoms with Crippen LogP contribution in [0.15, 0.2) is 0 Å². The summed E-state index contributed by atoms with van der Waals surface area (Å²) in [5.74, 6) is 1.17. The Bertz CT molecular complexity index is 158. The highest BCUT2D eigenvalue weighted by Gasteiger charge is 2.15. The van der Waals surface area contributed by atoms with E-state index in [0.29, 0.717) is 18.3 Å². The molecule has 0 spiro atoms. The Labute approximate surface area is 84.2 Å². The summed E-state index contributed by atoms with van der Waals surface area (Å²) in [6, 6.07) is -0.0902. The van der Waals surface area contributed by atoms with Gasteiger partial charge in [-0.25, -0.2) is 4.79 Å². The summed E-state index contributed by atoms with van der Waals surface area (Å²) in [6.45, 7) is 1.35. The molecule has 0 aromatic heterocycles. The molecule has 0 heterocycles. The quantitative estimate of drug-likeness (QED) is 0.673. The van der Waals surface area contributed by atoms with Crippen LogP contribution in [0.2, 0.25) is 0 Å². The van der Waals surface area contributed by atoms with Gasteiger partial charge in [0.25, 0.3) is 0 Å². The molecule has 0 radical (unpaired) electrons. The van der Waals surface area contributed by atoms with Crippen molar-refractivity contribution in [2.75, 3.05) is 19.0 Å². The fraction of sp³-hybridized carbons (Fsp3) is 0.889. The Hall–Kier alpha value is -0.440. The van der Waals surface area contributed by atoms with Crippen LogP contribution >= 0.6 is 11.6 Å². The maximum atomic E-state index is 11.1. The number of nitrogens with one attached hydrogen (secondary N) is 2. The molecule has 1 fully saturated rings. The average Bonchev–Trinajstić information content (AvgIpc) is 2.64. The van der Waals surface area contributed by atoms with E-state index in [4.69, 9.17) is 11.6 Å². The van der Waals surface area contributed by atoms with Crippen LogP contribution in [0.5, 0.6) is 0 Å². The van der Waals surface area contributed by atoms with Crippen LogP contribution in [0.25, 0.3) is 0 Å². The summed E-state index contributed by atoms with van der Waals surface area (Å²) in [5, 5.41) is 5.52. The van der Waals surface area contributed by atoms with E-state index in [0.717, 1.165) is 6.54 Å². The first-order chi connectivity index (χ1) is 6.33. The molecule has 3 nitrogen and oxygen atoms in total. The highest BCUT2D eigenvalue weighted by Crippen LogP contribution is 2.23. The van der Waals surface area contributed by atoms with E-state index in [1.165, 1.54) is 25.7 Å². The number of carbonyl (C=O) groups is 1. The van der Waals surface area contributed by atoms with Crippen LogP contribution in [0.4, 0.5) is 4.79 Å². The summed E-state index contributed by atoms with van der Waals surface area (Å²) in [6.07, 6.45) is 5.15. The lowest BCUT2D eigenvalue weighted by molar-refractivity contribution is 0.239. The van der Waals surface area contributed by atoms with E-state index in [1.807, 2.05) is 0 Å². The molecule has 0 saturated heterocycles. The second-order valence-corrected chi connectivity index (χ2v) is 3.85. The van der Waals surface area contributed by atoms with Gasteiger partial charge >= 0.3 is 6.03 Å². The van der Waals surface area contributed by atoms with Gasteiger partial charge in [0, 0.05) is 19.0 Å². The van der Waals surface area contributed by atoms with E-state index in [-0.39, 0.29) is 6.03 Å². The molecule has 0 aliphatic heterocycles. The normalized spacial score (nSPS) is 17.3. The molecule has 1 aliphatic carbocycles. The number of amides is 2. The first-order valence-corrected chi connectivity index (χ1v) is 5.44. The molecule has 0 unspecified atom stereocenters. The maximum absolute atomic E-state index is 11.1. The molecule has 76 valence electrons. The monoisotopic (exact) mass is 204 g/mol. The molecular formula is C9H17ClN2O. The Morgan fingerprint density at radius 2 is 2.00 bits per heavy atom. The van der Waals surface area contributed by atoms with Crippen LogP contribution in [0.3, 0.4) is 0 Å². The number of rotatable bonds is 4.